The Morgan fingerprint density at radius 3 is 2.41 bits per heavy atom. The van der Waals surface area contributed by atoms with Gasteiger partial charge in [-0.1, -0.05) is 24.9 Å². The monoisotopic (exact) mass is 554 g/mol. The molecular weight excluding hydrogens is 524 g/mol. The summed E-state index contributed by atoms with van der Waals surface area (Å²) in [5, 5.41) is 20.8. The third-order valence-corrected chi connectivity index (χ3v) is 6.44. The molecule has 0 aromatic heterocycles. The van der Waals surface area contributed by atoms with Crippen LogP contribution in [0.1, 0.15) is 53.0 Å². The first-order valence-corrected chi connectivity index (χ1v) is 12.8. The molecule has 0 aliphatic carbocycles. The minimum Gasteiger partial charge on any atom is -0.383 e. The highest BCUT2D eigenvalue weighted by atomic mass is 35.5. The minimum atomic E-state index is -0.523. The van der Waals surface area contributed by atoms with Crippen molar-refractivity contribution in [3.8, 4) is 6.07 Å². The highest BCUT2D eigenvalue weighted by Crippen LogP contribution is 2.40. The summed E-state index contributed by atoms with van der Waals surface area (Å²) in [6.07, 6.45) is 1.45. The topological polar surface area (TPSA) is 137 Å². The largest absolute Gasteiger partial charge is 0.383 e. The van der Waals surface area contributed by atoms with Gasteiger partial charge in [-0.25, -0.2) is 0 Å². The van der Waals surface area contributed by atoms with Crippen LogP contribution >= 0.6 is 11.6 Å². The summed E-state index contributed by atoms with van der Waals surface area (Å²) in [7, 11) is 3.24. The van der Waals surface area contributed by atoms with Gasteiger partial charge in [-0.05, 0) is 30.7 Å². The van der Waals surface area contributed by atoms with Gasteiger partial charge in [-0.15, -0.1) is 10.2 Å². The first-order chi connectivity index (χ1) is 18.8. The number of amides is 3. The molecule has 0 spiro atoms. The summed E-state index contributed by atoms with van der Waals surface area (Å²) in [4.78, 5) is 40.9. The molecule has 3 rings (SSSR count). The summed E-state index contributed by atoms with van der Waals surface area (Å²) in [5.41, 5.74) is 1.55. The number of halogens is 1. The van der Waals surface area contributed by atoms with Crippen molar-refractivity contribution in [3.05, 3.63) is 46.0 Å². The van der Waals surface area contributed by atoms with Gasteiger partial charge in [-0.3, -0.25) is 19.3 Å². The highest BCUT2D eigenvalue weighted by molar-refractivity contribution is 6.39. The quantitative estimate of drug-likeness (QED) is 0.269. The van der Waals surface area contributed by atoms with Crippen LogP contribution in [-0.4, -0.2) is 69.7 Å². The Hall–Kier alpha value is -3.85. The molecule has 0 bridgehead atoms. The zero-order valence-electron chi connectivity index (χ0n) is 22.4. The van der Waals surface area contributed by atoms with E-state index in [4.69, 9.17) is 21.1 Å². The van der Waals surface area contributed by atoms with E-state index in [1.165, 1.54) is 13.0 Å². The average Bonchev–Trinajstić information content (AvgIpc) is 3.15. The lowest BCUT2D eigenvalue weighted by molar-refractivity contribution is -0.114. The van der Waals surface area contributed by atoms with Crippen molar-refractivity contribution in [2.75, 3.05) is 57.3 Å². The summed E-state index contributed by atoms with van der Waals surface area (Å²) >= 11 is 6.55. The molecule has 0 saturated heterocycles. The first kappa shape index (κ1) is 29.7. The second kappa shape index (κ2) is 13.8. The number of hydrogen-bond acceptors (Lipinski definition) is 9. The molecule has 0 radical (unpaired) electrons. The maximum absolute atomic E-state index is 13.0. The zero-order chi connectivity index (χ0) is 28.5. The summed E-state index contributed by atoms with van der Waals surface area (Å²) in [5.74, 6) is -1.32. The zero-order valence-corrected chi connectivity index (χ0v) is 23.2. The van der Waals surface area contributed by atoms with E-state index in [-0.39, 0.29) is 39.9 Å². The fraction of sp³-hybridized carbons (Fsp3) is 0.407. The molecule has 2 aromatic rings. The summed E-state index contributed by atoms with van der Waals surface area (Å²) in [6.45, 7) is 5.76. The van der Waals surface area contributed by atoms with Crippen LogP contribution in [0.3, 0.4) is 0 Å². The molecule has 0 fully saturated rings. The maximum atomic E-state index is 13.0. The molecule has 11 nitrogen and oxygen atoms in total. The van der Waals surface area contributed by atoms with Crippen molar-refractivity contribution >= 4 is 52.1 Å². The molecule has 0 atom stereocenters. The molecule has 3 amide bonds. The van der Waals surface area contributed by atoms with E-state index in [0.717, 1.165) is 17.0 Å². The van der Waals surface area contributed by atoms with Crippen molar-refractivity contribution in [2.45, 2.75) is 26.7 Å². The Balaban J connectivity index is 2.02. The van der Waals surface area contributed by atoms with Gasteiger partial charge in [0, 0.05) is 46.5 Å². The molecular formula is C27H31ClN6O5. The Morgan fingerprint density at radius 2 is 1.82 bits per heavy atom. The van der Waals surface area contributed by atoms with Crippen LogP contribution in [-0.2, 0) is 14.3 Å². The summed E-state index contributed by atoms with van der Waals surface area (Å²) < 4.78 is 10.4. The van der Waals surface area contributed by atoms with Crippen molar-refractivity contribution in [1.82, 2.24) is 4.90 Å². The van der Waals surface area contributed by atoms with Gasteiger partial charge in [0.2, 0.25) is 5.91 Å². The molecule has 39 heavy (non-hydrogen) atoms. The van der Waals surface area contributed by atoms with Crippen LogP contribution in [0.25, 0.3) is 0 Å². The number of azo groups is 1. The van der Waals surface area contributed by atoms with Crippen molar-refractivity contribution in [3.63, 3.8) is 0 Å². The number of anilines is 2. The number of fused-ring (bicyclic) bond motifs is 1. The van der Waals surface area contributed by atoms with Gasteiger partial charge in [-0.2, -0.15) is 5.26 Å². The molecule has 1 heterocycles. The lowest BCUT2D eigenvalue weighted by atomic mass is 10.0. The summed E-state index contributed by atoms with van der Waals surface area (Å²) in [6, 6.07) is 8.55. The average molecular weight is 555 g/mol. The predicted octanol–water partition coefficient (Wildman–Crippen LogP) is 5.08. The Morgan fingerprint density at radius 1 is 1.13 bits per heavy atom. The number of imide groups is 1. The lowest BCUT2D eigenvalue weighted by Crippen LogP contribution is -2.30. The standard InChI is InChI=1S/C27H31ClN6O5/c1-5-6-9-34-26(36)20-14-18(16-29)25(24(28)23(20)27(34)37)32-31-21-8-7-19(15-22(21)30-17(2)35)33(10-12-38-3)11-13-39-4/h7-8,14-15H,5-6,9-13H2,1-4H3,(H,30,35). The van der Waals surface area contributed by atoms with Gasteiger partial charge in [0.05, 0.1) is 40.6 Å². The van der Waals surface area contributed by atoms with Gasteiger partial charge in [0.25, 0.3) is 11.8 Å². The van der Waals surface area contributed by atoms with E-state index in [0.29, 0.717) is 44.1 Å². The van der Waals surface area contributed by atoms with Gasteiger partial charge in [0.1, 0.15) is 17.4 Å². The number of carbonyl (C=O) groups excluding carboxylic acids is 3. The van der Waals surface area contributed by atoms with Crippen LogP contribution in [0.5, 0.6) is 0 Å². The maximum Gasteiger partial charge on any atom is 0.263 e. The van der Waals surface area contributed by atoms with E-state index in [1.807, 2.05) is 24.0 Å². The Kier molecular flexibility index (Phi) is 10.5. The van der Waals surface area contributed by atoms with Crippen LogP contribution in [0.4, 0.5) is 22.7 Å². The molecule has 1 aliphatic rings. The highest BCUT2D eigenvalue weighted by Gasteiger charge is 2.39. The number of hydrogen-bond donors (Lipinski definition) is 1. The van der Waals surface area contributed by atoms with Crippen LogP contribution in [0, 0.1) is 11.3 Å². The van der Waals surface area contributed by atoms with E-state index in [9.17, 15) is 19.6 Å². The molecule has 2 aromatic carbocycles. The molecule has 206 valence electrons. The second-order valence-electron chi connectivity index (χ2n) is 8.79. The Labute approximate surface area is 232 Å². The molecule has 12 heteroatoms. The van der Waals surface area contributed by atoms with Crippen LogP contribution in [0.2, 0.25) is 5.02 Å². The number of benzene rings is 2. The fourth-order valence-electron chi connectivity index (χ4n) is 4.07. The number of methoxy groups -OCH3 is 2. The third-order valence-electron chi connectivity index (χ3n) is 6.08. The van der Waals surface area contributed by atoms with E-state index in [2.05, 4.69) is 15.5 Å². The molecule has 1 N–H and O–H groups in total. The smallest absolute Gasteiger partial charge is 0.263 e. The van der Waals surface area contributed by atoms with Crippen molar-refractivity contribution in [1.29, 1.82) is 5.26 Å². The van der Waals surface area contributed by atoms with E-state index < -0.39 is 11.8 Å². The SMILES string of the molecule is CCCCN1C(=O)c2cc(C#N)c(N=Nc3ccc(N(CCOC)CCOC)cc3NC(C)=O)c(Cl)c2C1=O. The number of nitrogens with one attached hydrogen (secondary N) is 1. The number of unbranched alkanes of at least 4 members (excludes halogenated alkanes) is 1. The second-order valence-corrected chi connectivity index (χ2v) is 9.17. The number of nitrogens with zero attached hydrogens (tertiary/aromatic N) is 5. The third kappa shape index (κ3) is 6.78. The molecule has 0 saturated carbocycles. The van der Waals surface area contributed by atoms with Gasteiger partial charge < -0.3 is 19.7 Å². The van der Waals surface area contributed by atoms with Gasteiger partial charge >= 0.3 is 0 Å². The predicted molar refractivity (Wildman–Crippen MR) is 147 cm³/mol. The van der Waals surface area contributed by atoms with E-state index >= 15 is 0 Å². The number of ether oxygens (including phenoxy) is 2. The van der Waals surface area contributed by atoms with Crippen LogP contribution < -0.4 is 10.2 Å². The fourth-order valence-corrected chi connectivity index (χ4v) is 4.39. The Bertz CT molecular complexity index is 1310. The molecule has 1 aliphatic heterocycles. The number of rotatable bonds is 13. The number of carbonyl (C=O) groups is 3. The van der Waals surface area contributed by atoms with E-state index in [1.54, 1.807) is 26.4 Å². The lowest BCUT2D eigenvalue weighted by Gasteiger charge is -2.25. The van der Waals surface area contributed by atoms with Crippen molar-refractivity contribution < 1.29 is 23.9 Å². The van der Waals surface area contributed by atoms with Crippen molar-refractivity contribution in [2.24, 2.45) is 10.2 Å². The number of nitriles is 1. The van der Waals surface area contributed by atoms with Crippen LogP contribution in [0.15, 0.2) is 34.5 Å². The normalized spacial score (nSPS) is 12.7. The minimum absolute atomic E-state index is 0.00370. The first-order valence-electron chi connectivity index (χ1n) is 12.5. The molecule has 0 unspecified atom stereocenters. The van der Waals surface area contributed by atoms with Gasteiger partial charge in [0.15, 0.2) is 0 Å².